The molecule has 192 valence electrons. The maximum absolute atomic E-state index is 2.47. The molecule has 4 bridgehead atoms. The van der Waals surface area contributed by atoms with Gasteiger partial charge in [0, 0.05) is 31.0 Å². The molecule has 2 unspecified atom stereocenters. The summed E-state index contributed by atoms with van der Waals surface area (Å²) in [6, 6.07) is 38.4. The second kappa shape index (κ2) is 9.96. The molecular weight excluding hydrogens is 916 g/mol. The monoisotopic (exact) mass is 944 g/mol. The third kappa shape index (κ3) is 4.27. The fraction of sp³-hybridized carbons (Fsp3) is 0.294. The summed E-state index contributed by atoms with van der Waals surface area (Å²) in [4.78, 5) is 0. The van der Waals surface area contributed by atoms with Crippen LogP contribution >= 0.6 is 90.4 Å². The van der Waals surface area contributed by atoms with Crippen LogP contribution in [0.5, 0.6) is 0 Å². The smallest absolute Gasteiger partial charge is 0.0130 e. The molecule has 38 heavy (non-hydrogen) atoms. The first-order chi connectivity index (χ1) is 18.3. The zero-order chi connectivity index (χ0) is 26.1. The van der Waals surface area contributed by atoms with E-state index in [9.17, 15) is 0 Å². The average molecular weight is 944 g/mol. The minimum atomic E-state index is 0.114. The Bertz CT molecular complexity index is 1410. The van der Waals surface area contributed by atoms with Crippen LogP contribution in [0.2, 0.25) is 0 Å². The van der Waals surface area contributed by atoms with Crippen molar-refractivity contribution in [2.45, 2.75) is 54.3 Å². The van der Waals surface area contributed by atoms with Crippen molar-refractivity contribution in [1.29, 1.82) is 0 Å². The molecule has 4 saturated carbocycles. The first-order valence-electron chi connectivity index (χ1n) is 13.4. The predicted octanol–water partition coefficient (Wildman–Crippen LogP) is 10.6. The van der Waals surface area contributed by atoms with Gasteiger partial charge in [-0.25, -0.2) is 0 Å². The lowest BCUT2D eigenvalue weighted by Crippen LogP contribution is -2.66. The summed E-state index contributed by atoms with van der Waals surface area (Å²) in [5.74, 6) is 1.19. The minimum absolute atomic E-state index is 0.114. The third-order valence-corrected chi connectivity index (χ3v) is 12.8. The lowest BCUT2D eigenvalue weighted by molar-refractivity contribution is -0.0705. The van der Waals surface area contributed by atoms with Crippen LogP contribution in [0.1, 0.15) is 60.3 Å². The van der Waals surface area contributed by atoms with E-state index < -0.39 is 0 Å². The normalized spacial score (nSPS) is 31.5. The Labute approximate surface area is 280 Å². The van der Waals surface area contributed by atoms with E-state index in [0.717, 1.165) is 5.92 Å². The van der Waals surface area contributed by atoms with Gasteiger partial charge in [-0.3, -0.25) is 0 Å². The van der Waals surface area contributed by atoms with Crippen LogP contribution in [0.4, 0.5) is 0 Å². The number of hydrogen-bond donors (Lipinski definition) is 0. The van der Waals surface area contributed by atoms with Crippen molar-refractivity contribution in [3.63, 3.8) is 0 Å². The summed E-state index contributed by atoms with van der Waals surface area (Å²) >= 11 is 9.84. The second-order valence-corrected chi connectivity index (χ2v) is 16.9. The van der Waals surface area contributed by atoms with Gasteiger partial charge in [-0.05, 0) is 205 Å². The molecule has 8 rings (SSSR count). The third-order valence-electron chi connectivity index (χ3n) is 9.90. The lowest BCUT2D eigenvalue weighted by atomic mass is 9.32. The molecule has 0 amide bonds. The van der Waals surface area contributed by atoms with Gasteiger partial charge in [-0.2, -0.15) is 0 Å². The number of halogens is 4. The Morgan fingerprint density at radius 3 is 1.24 bits per heavy atom. The number of rotatable bonds is 4. The van der Waals surface area contributed by atoms with Crippen LogP contribution < -0.4 is 0 Å². The van der Waals surface area contributed by atoms with Crippen molar-refractivity contribution in [1.82, 2.24) is 0 Å². The van der Waals surface area contributed by atoms with Crippen LogP contribution in [0, 0.1) is 20.2 Å². The van der Waals surface area contributed by atoms with E-state index in [-0.39, 0.29) is 16.2 Å². The summed E-state index contributed by atoms with van der Waals surface area (Å²) < 4.78 is 5.29. The van der Waals surface area contributed by atoms with E-state index in [2.05, 4.69) is 187 Å². The molecule has 0 heterocycles. The zero-order valence-corrected chi connectivity index (χ0v) is 29.6. The summed E-state index contributed by atoms with van der Waals surface area (Å²) in [5.41, 5.74) is 6.63. The van der Waals surface area contributed by atoms with Crippen LogP contribution in [0.25, 0.3) is 0 Å². The highest BCUT2D eigenvalue weighted by molar-refractivity contribution is 14.1. The van der Waals surface area contributed by atoms with E-state index in [4.69, 9.17) is 0 Å². The zero-order valence-electron chi connectivity index (χ0n) is 20.9. The number of benzene rings is 4. The fourth-order valence-electron chi connectivity index (χ4n) is 9.08. The first kappa shape index (κ1) is 26.7. The molecule has 0 radical (unpaired) electrons. The predicted molar refractivity (Wildman–Crippen MR) is 191 cm³/mol. The van der Waals surface area contributed by atoms with Gasteiger partial charge in [-0.15, -0.1) is 0 Å². The Hall–Kier alpha value is -0.200. The lowest BCUT2D eigenvalue weighted by Gasteiger charge is -2.71. The van der Waals surface area contributed by atoms with Gasteiger partial charge in [0.2, 0.25) is 0 Å². The Morgan fingerprint density at radius 1 is 0.447 bits per heavy atom. The summed E-state index contributed by atoms with van der Waals surface area (Å²) in [6.45, 7) is 0. The summed E-state index contributed by atoms with van der Waals surface area (Å²) in [6.07, 6.45) is 6.39. The van der Waals surface area contributed by atoms with Gasteiger partial charge in [0.05, 0.1) is 0 Å². The molecule has 4 fully saturated rings. The van der Waals surface area contributed by atoms with Crippen molar-refractivity contribution in [3.05, 3.63) is 134 Å². The molecule has 4 heteroatoms. The Kier molecular flexibility index (Phi) is 7.00. The van der Waals surface area contributed by atoms with Gasteiger partial charge in [0.25, 0.3) is 0 Å². The van der Waals surface area contributed by atoms with Crippen molar-refractivity contribution in [2.24, 2.45) is 5.92 Å². The van der Waals surface area contributed by atoms with E-state index in [1.165, 1.54) is 51.9 Å². The second-order valence-electron chi connectivity index (χ2n) is 11.9. The molecule has 4 aliphatic rings. The standard InChI is InChI=1S/C34H28I4/c35-27-9-1-23(2-10-27)31-33(25-5-13-29(37)14-6-25)18-22-17-32(20-33,24-3-11-28(36)12-4-24)21-34(31,19-22)26-7-15-30(38)16-8-26/h1-16,22,31H,17-21H2. The van der Waals surface area contributed by atoms with Gasteiger partial charge in [0.1, 0.15) is 0 Å². The van der Waals surface area contributed by atoms with E-state index in [1.807, 2.05) is 0 Å². The summed E-state index contributed by atoms with van der Waals surface area (Å²) in [5, 5.41) is 0. The molecule has 0 aromatic heterocycles. The maximum Gasteiger partial charge on any atom is 0.0130 e. The Morgan fingerprint density at radius 2 is 0.816 bits per heavy atom. The average Bonchev–Trinajstić information content (AvgIpc) is 2.90. The van der Waals surface area contributed by atoms with Gasteiger partial charge in [-0.1, -0.05) is 48.5 Å². The quantitative estimate of drug-likeness (QED) is 0.179. The molecule has 4 aromatic rings. The van der Waals surface area contributed by atoms with Gasteiger partial charge >= 0.3 is 0 Å². The van der Waals surface area contributed by atoms with Gasteiger partial charge < -0.3 is 0 Å². The van der Waals surface area contributed by atoms with Gasteiger partial charge in [0.15, 0.2) is 0 Å². The van der Waals surface area contributed by atoms with Crippen molar-refractivity contribution < 1.29 is 0 Å². The molecule has 2 atom stereocenters. The molecular formula is C34H28I4. The maximum atomic E-state index is 2.47. The summed E-state index contributed by atoms with van der Waals surface area (Å²) in [7, 11) is 0. The van der Waals surface area contributed by atoms with E-state index >= 15 is 0 Å². The fourth-order valence-corrected chi connectivity index (χ4v) is 10.5. The first-order valence-corrected chi connectivity index (χ1v) is 17.7. The van der Waals surface area contributed by atoms with Crippen molar-refractivity contribution >= 4 is 90.4 Å². The largest absolute Gasteiger partial charge is 0.0576 e. The highest BCUT2D eigenvalue weighted by Crippen LogP contribution is 2.75. The number of hydrogen-bond acceptors (Lipinski definition) is 0. The van der Waals surface area contributed by atoms with Crippen molar-refractivity contribution in [2.75, 3.05) is 0 Å². The molecule has 0 spiro atoms. The van der Waals surface area contributed by atoms with Crippen LogP contribution in [0.15, 0.2) is 97.1 Å². The molecule has 0 N–H and O–H groups in total. The van der Waals surface area contributed by atoms with Crippen LogP contribution in [0.3, 0.4) is 0 Å². The van der Waals surface area contributed by atoms with E-state index in [0.29, 0.717) is 5.92 Å². The van der Waals surface area contributed by atoms with E-state index in [1.54, 1.807) is 16.7 Å². The van der Waals surface area contributed by atoms with Crippen LogP contribution in [-0.2, 0) is 16.2 Å². The molecule has 0 nitrogen and oxygen atoms in total. The molecule has 0 aliphatic heterocycles. The van der Waals surface area contributed by atoms with Crippen LogP contribution in [-0.4, -0.2) is 0 Å². The molecule has 4 aromatic carbocycles. The Balaban J connectivity index is 1.53. The molecule has 0 saturated heterocycles. The minimum Gasteiger partial charge on any atom is -0.0576 e. The highest BCUT2D eigenvalue weighted by Gasteiger charge is 2.69. The highest BCUT2D eigenvalue weighted by atomic mass is 127. The topological polar surface area (TPSA) is 0 Å². The molecule has 4 aliphatic carbocycles. The SMILES string of the molecule is Ic1ccc(C2C3(c4ccc(I)cc4)CC4CC(c5ccc(I)cc5)(C3)CC2(c2ccc(I)cc2)C4)cc1. The van der Waals surface area contributed by atoms with Crippen molar-refractivity contribution in [3.8, 4) is 0 Å².